The number of benzene rings is 2. The third-order valence-corrected chi connectivity index (χ3v) is 4.63. The molecular weight excluding hydrogens is 460 g/mol. The Morgan fingerprint density at radius 1 is 0.906 bits per heavy atom. The highest BCUT2D eigenvalue weighted by Gasteiger charge is 2.10. The molecular formula is C22H18Cl2FN3O4. The Labute approximate surface area is 193 Å². The number of hydrogen-bond donors (Lipinski definition) is 2. The number of aryl methyl sites for hydroxylation is 1. The van der Waals surface area contributed by atoms with Crippen LogP contribution in [0.1, 0.15) is 5.69 Å². The molecule has 0 fully saturated rings. The summed E-state index contributed by atoms with van der Waals surface area (Å²) >= 11 is 11.4. The summed E-state index contributed by atoms with van der Waals surface area (Å²) in [5.41, 5.74) is 0.920. The molecule has 166 valence electrons. The molecule has 0 spiro atoms. The fourth-order valence-electron chi connectivity index (χ4n) is 2.52. The number of ether oxygens (including phenoxy) is 2. The summed E-state index contributed by atoms with van der Waals surface area (Å²) in [6.45, 7) is 1.13. The van der Waals surface area contributed by atoms with Crippen LogP contribution in [0.15, 0.2) is 54.6 Å². The Morgan fingerprint density at radius 3 is 2.19 bits per heavy atom. The topological polar surface area (TPSA) is 89.5 Å². The van der Waals surface area contributed by atoms with E-state index in [0.29, 0.717) is 28.0 Å². The number of anilines is 2. The quantitative estimate of drug-likeness (QED) is 0.482. The molecule has 0 aliphatic heterocycles. The fraction of sp³-hybridized carbons (Fsp3) is 0.136. The molecule has 0 saturated heterocycles. The van der Waals surface area contributed by atoms with Crippen LogP contribution in [-0.2, 0) is 9.59 Å². The number of amides is 2. The average Bonchev–Trinajstić information content (AvgIpc) is 2.76. The van der Waals surface area contributed by atoms with Crippen LogP contribution in [0.3, 0.4) is 0 Å². The number of nitrogens with zero attached hydrogens (tertiary/aromatic N) is 1. The van der Waals surface area contributed by atoms with Crippen LogP contribution in [0.25, 0.3) is 0 Å². The number of carbonyl (C=O) groups excluding carboxylic acids is 2. The number of aromatic nitrogens is 1. The number of carbonyl (C=O) groups is 2. The first-order chi connectivity index (χ1) is 15.3. The lowest BCUT2D eigenvalue weighted by molar-refractivity contribution is -0.118. The highest BCUT2D eigenvalue weighted by Crippen LogP contribution is 2.21. The van der Waals surface area contributed by atoms with Gasteiger partial charge in [0.25, 0.3) is 11.8 Å². The van der Waals surface area contributed by atoms with E-state index in [-0.39, 0.29) is 24.0 Å². The number of pyridine rings is 1. The number of halogens is 3. The summed E-state index contributed by atoms with van der Waals surface area (Å²) in [7, 11) is 0. The minimum Gasteiger partial charge on any atom is -0.484 e. The van der Waals surface area contributed by atoms with Crippen LogP contribution >= 0.6 is 23.2 Å². The van der Waals surface area contributed by atoms with Crippen molar-refractivity contribution in [1.29, 1.82) is 0 Å². The van der Waals surface area contributed by atoms with Crippen molar-refractivity contribution >= 4 is 46.5 Å². The van der Waals surface area contributed by atoms with Crippen LogP contribution in [0, 0.1) is 12.7 Å². The summed E-state index contributed by atoms with van der Waals surface area (Å²) < 4.78 is 24.0. The molecule has 32 heavy (non-hydrogen) atoms. The lowest BCUT2D eigenvalue weighted by Crippen LogP contribution is -2.22. The van der Waals surface area contributed by atoms with Gasteiger partial charge >= 0.3 is 0 Å². The van der Waals surface area contributed by atoms with E-state index >= 15 is 0 Å². The third kappa shape index (κ3) is 6.83. The molecule has 0 radical (unpaired) electrons. The standard InChI is InChI=1S/C22H18Cl2FN3O4/c1-13-19(27-21(29)11-32-16-6-7-17(24)18(25)10-16)8-9-20(26-13)28-22(30)12-31-15-4-2-14(23)3-5-15/h2-10H,11-12H2,1H3,(H,27,29)(H,26,28,30). The van der Waals surface area contributed by atoms with Crippen LogP contribution in [0.2, 0.25) is 10.0 Å². The van der Waals surface area contributed by atoms with E-state index in [9.17, 15) is 14.0 Å². The Kier molecular flexibility index (Phi) is 7.86. The second-order valence-electron chi connectivity index (χ2n) is 6.53. The molecule has 2 N–H and O–H groups in total. The van der Waals surface area contributed by atoms with Crippen LogP contribution in [-0.4, -0.2) is 30.0 Å². The zero-order chi connectivity index (χ0) is 23.1. The molecule has 3 rings (SSSR count). The van der Waals surface area contributed by atoms with Gasteiger partial charge in [0, 0.05) is 11.1 Å². The zero-order valence-corrected chi connectivity index (χ0v) is 18.3. The molecule has 3 aromatic rings. The van der Waals surface area contributed by atoms with Gasteiger partial charge < -0.3 is 20.1 Å². The minimum atomic E-state index is -0.638. The molecule has 0 aliphatic rings. The maximum absolute atomic E-state index is 13.4. The smallest absolute Gasteiger partial charge is 0.263 e. The zero-order valence-electron chi connectivity index (χ0n) is 16.8. The van der Waals surface area contributed by atoms with Crippen molar-refractivity contribution < 1.29 is 23.5 Å². The third-order valence-electron chi connectivity index (χ3n) is 4.07. The number of nitrogens with one attached hydrogen (secondary N) is 2. The lowest BCUT2D eigenvalue weighted by Gasteiger charge is -2.11. The van der Waals surface area contributed by atoms with Crippen molar-refractivity contribution in [1.82, 2.24) is 4.98 Å². The van der Waals surface area contributed by atoms with Gasteiger partial charge in [-0.2, -0.15) is 0 Å². The maximum Gasteiger partial charge on any atom is 0.263 e. The summed E-state index contributed by atoms with van der Waals surface area (Å²) in [4.78, 5) is 28.4. The van der Waals surface area contributed by atoms with Gasteiger partial charge in [0.05, 0.1) is 16.4 Å². The number of rotatable bonds is 8. The van der Waals surface area contributed by atoms with Crippen molar-refractivity contribution in [2.75, 3.05) is 23.8 Å². The molecule has 0 atom stereocenters. The van der Waals surface area contributed by atoms with Crippen molar-refractivity contribution in [3.8, 4) is 11.5 Å². The SMILES string of the molecule is Cc1nc(NC(=O)COc2ccc(Cl)cc2)ccc1NC(=O)COc1ccc(Cl)c(F)c1. The van der Waals surface area contributed by atoms with Gasteiger partial charge in [-0.25, -0.2) is 9.37 Å². The molecule has 0 bridgehead atoms. The molecule has 7 nitrogen and oxygen atoms in total. The van der Waals surface area contributed by atoms with Gasteiger partial charge in [0.1, 0.15) is 23.1 Å². The molecule has 2 aromatic carbocycles. The Hall–Kier alpha value is -3.36. The molecule has 1 heterocycles. The van der Waals surface area contributed by atoms with Crippen LogP contribution < -0.4 is 20.1 Å². The van der Waals surface area contributed by atoms with E-state index in [1.807, 2.05) is 0 Å². The van der Waals surface area contributed by atoms with Gasteiger partial charge in [-0.3, -0.25) is 9.59 Å². The maximum atomic E-state index is 13.4. The summed E-state index contributed by atoms with van der Waals surface area (Å²) in [6.07, 6.45) is 0. The van der Waals surface area contributed by atoms with Gasteiger partial charge in [-0.1, -0.05) is 23.2 Å². The summed E-state index contributed by atoms with van der Waals surface area (Å²) in [5.74, 6) is -0.504. The summed E-state index contributed by atoms with van der Waals surface area (Å²) in [5, 5.41) is 5.79. The van der Waals surface area contributed by atoms with Crippen LogP contribution in [0.5, 0.6) is 11.5 Å². The summed E-state index contributed by atoms with van der Waals surface area (Å²) in [6, 6.07) is 13.7. The van der Waals surface area contributed by atoms with E-state index in [1.165, 1.54) is 18.2 Å². The molecule has 0 saturated carbocycles. The molecule has 0 aliphatic carbocycles. The van der Waals surface area contributed by atoms with Crippen molar-refractivity contribution in [2.24, 2.45) is 0 Å². The minimum absolute atomic E-state index is 0.0350. The monoisotopic (exact) mass is 477 g/mol. The van der Waals surface area contributed by atoms with Gasteiger partial charge in [0.2, 0.25) is 0 Å². The van der Waals surface area contributed by atoms with E-state index in [0.717, 1.165) is 6.07 Å². The van der Waals surface area contributed by atoms with E-state index < -0.39 is 17.6 Å². The van der Waals surface area contributed by atoms with E-state index in [1.54, 1.807) is 37.3 Å². The normalized spacial score (nSPS) is 10.4. The molecule has 10 heteroatoms. The predicted molar refractivity (Wildman–Crippen MR) is 120 cm³/mol. The predicted octanol–water partition coefficient (Wildman–Crippen LogP) is 4.87. The van der Waals surface area contributed by atoms with Gasteiger partial charge in [0.15, 0.2) is 13.2 Å². The highest BCUT2D eigenvalue weighted by molar-refractivity contribution is 6.31. The average molecular weight is 478 g/mol. The number of hydrogen-bond acceptors (Lipinski definition) is 5. The lowest BCUT2D eigenvalue weighted by atomic mass is 10.3. The van der Waals surface area contributed by atoms with E-state index in [4.69, 9.17) is 32.7 Å². The Morgan fingerprint density at radius 2 is 1.53 bits per heavy atom. The first-order valence-corrected chi connectivity index (χ1v) is 10.1. The van der Waals surface area contributed by atoms with E-state index in [2.05, 4.69) is 15.6 Å². The molecule has 1 aromatic heterocycles. The fourth-order valence-corrected chi connectivity index (χ4v) is 2.77. The van der Waals surface area contributed by atoms with Gasteiger partial charge in [-0.05, 0) is 55.5 Å². The second kappa shape index (κ2) is 10.8. The van der Waals surface area contributed by atoms with Gasteiger partial charge in [-0.15, -0.1) is 0 Å². The Balaban J connectivity index is 1.49. The van der Waals surface area contributed by atoms with Crippen molar-refractivity contribution in [2.45, 2.75) is 6.92 Å². The highest BCUT2D eigenvalue weighted by atomic mass is 35.5. The molecule has 2 amide bonds. The first kappa shape index (κ1) is 23.3. The second-order valence-corrected chi connectivity index (χ2v) is 7.38. The molecule has 0 unspecified atom stereocenters. The largest absolute Gasteiger partial charge is 0.484 e. The van der Waals surface area contributed by atoms with Crippen LogP contribution in [0.4, 0.5) is 15.9 Å². The Bertz CT molecular complexity index is 1130. The van der Waals surface area contributed by atoms with Crippen molar-refractivity contribution in [3.63, 3.8) is 0 Å². The first-order valence-electron chi connectivity index (χ1n) is 9.34. The van der Waals surface area contributed by atoms with Crippen molar-refractivity contribution in [3.05, 3.63) is 76.2 Å².